The number of aryl methyl sites for hydroxylation is 1. The average Bonchev–Trinajstić information content (AvgIpc) is 2.79. The molecule has 1 aromatic heterocycles. The number of piperazine rings is 1. The number of amides is 1. The van der Waals surface area contributed by atoms with Crippen LogP contribution < -0.4 is 4.74 Å². The van der Waals surface area contributed by atoms with Crippen molar-refractivity contribution in [2.24, 2.45) is 7.05 Å². The molecule has 2 heterocycles. The van der Waals surface area contributed by atoms with Gasteiger partial charge in [0.15, 0.2) is 0 Å². The van der Waals surface area contributed by atoms with Gasteiger partial charge in [-0.05, 0) is 6.92 Å². The molecular weight excluding hydrogens is 296 g/mol. The van der Waals surface area contributed by atoms with E-state index >= 15 is 0 Å². The lowest BCUT2D eigenvalue weighted by Gasteiger charge is -2.35. The minimum Gasteiger partial charge on any atom is -0.479 e. The Balaban J connectivity index is 0.00000220. The molecule has 1 unspecified atom stereocenters. The van der Waals surface area contributed by atoms with Crippen molar-refractivity contribution in [3.8, 4) is 5.88 Å². The Bertz CT molecular complexity index is 470. The SMILES string of the molecule is COc1nn(C)cc1C(=O)N1CCN(CC(C)O)CC1.Cl. The second-order valence-electron chi connectivity index (χ2n) is 5.17. The summed E-state index contributed by atoms with van der Waals surface area (Å²) in [6.07, 6.45) is 1.35. The lowest BCUT2D eigenvalue weighted by molar-refractivity contribution is 0.0551. The highest BCUT2D eigenvalue weighted by atomic mass is 35.5. The third-order valence-corrected chi connectivity index (χ3v) is 3.40. The van der Waals surface area contributed by atoms with Gasteiger partial charge < -0.3 is 14.7 Å². The van der Waals surface area contributed by atoms with Gasteiger partial charge >= 0.3 is 0 Å². The zero-order valence-corrected chi connectivity index (χ0v) is 13.5. The molecule has 0 aromatic carbocycles. The number of carbonyl (C=O) groups is 1. The van der Waals surface area contributed by atoms with E-state index in [-0.39, 0.29) is 24.4 Å². The number of ether oxygens (including phenoxy) is 1. The third-order valence-electron chi connectivity index (χ3n) is 3.40. The largest absolute Gasteiger partial charge is 0.479 e. The maximum atomic E-state index is 12.4. The first-order valence-electron chi connectivity index (χ1n) is 6.78. The molecule has 8 heteroatoms. The van der Waals surface area contributed by atoms with Crippen molar-refractivity contribution >= 4 is 18.3 Å². The van der Waals surface area contributed by atoms with E-state index in [1.165, 1.54) is 7.11 Å². The second-order valence-corrected chi connectivity index (χ2v) is 5.17. The zero-order chi connectivity index (χ0) is 14.7. The predicted octanol–water partition coefficient (Wildman–Crippen LogP) is -0.0109. The number of nitrogens with zero attached hydrogens (tertiary/aromatic N) is 4. The number of β-amino-alcohol motifs (C(OH)–C–C–N with tert-alkyl or cyclic N) is 1. The number of hydrogen-bond donors (Lipinski definition) is 1. The van der Waals surface area contributed by atoms with Gasteiger partial charge in [0, 0.05) is 46.0 Å². The smallest absolute Gasteiger partial charge is 0.261 e. The highest BCUT2D eigenvalue weighted by molar-refractivity contribution is 5.96. The van der Waals surface area contributed by atoms with E-state index in [2.05, 4.69) is 10.00 Å². The maximum absolute atomic E-state index is 12.4. The van der Waals surface area contributed by atoms with Crippen molar-refractivity contribution in [3.63, 3.8) is 0 Å². The fourth-order valence-electron chi connectivity index (χ4n) is 2.44. The van der Waals surface area contributed by atoms with E-state index < -0.39 is 0 Å². The van der Waals surface area contributed by atoms with E-state index in [1.807, 2.05) is 0 Å². The van der Waals surface area contributed by atoms with Crippen LogP contribution in [0, 0.1) is 0 Å². The second kappa shape index (κ2) is 7.63. The van der Waals surface area contributed by atoms with Gasteiger partial charge in [-0.3, -0.25) is 14.4 Å². The molecule has 7 nitrogen and oxygen atoms in total. The highest BCUT2D eigenvalue weighted by Crippen LogP contribution is 2.18. The summed E-state index contributed by atoms with van der Waals surface area (Å²) in [5.74, 6) is 0.315. The van der Waals surface area contributed by atoms with Crippen molar-refractivity contribution in [1.29, 1.82) is 0 Å². The number of aliphatic hydroxyl groups excluding tert-OH is 1. The summed E-state index contributed by atoms with van der Waals surface area (Å²) < 4.78 is 6.71. The molecule has 0 radical (unpaired) electrons. The first kappa shape index (κ1) is 17.7. The van der Waals surface area contributed by atoms with Gasteiger partial charge in [-0.15, -0.1) is 17.5 Å². The number of methoxy groups -OCH3 is 1. The summed E-state index contributed by atoms with van der Waals surface area (Å²) in [5, 5.41) is 13.5. The molecule has 1 aliphatic heterocycles. The van der Waals surface area contributed by atoms with E-state index in [9.17, 15) is 9.90 Å². The Morgan fingerprint density at radius 1 is 1.43 bits per heavy atom. The van der Waals surface area contributed by atoms with Crippen LogP contribution in [0.15, 0.2) is 6.20 Å². The quantitative estimate of drug-likeness (QED) is 0.845. The van der Waals surface area contributed by atoms with Gasteiger partial charge in [0.2, 0.25) is 5.88 Å². The first-order chi connectivity index (χ1) is 9.51. The van der Waals surface area contributed by atoms with Crippen LogP contribution in [0.5, 0.6) is 5.88 Å². The Labute approximate surface area is 130 Å². The first-order valence-corrected chi connectivity index (χ1v) is 6.78. The summed E-state index contributed by atoms with van der Waals surface area (Å²) in [6, 6.07) is 0. The lowest BCUT2D eigenvalue weighted by atomic mass is 10.2. The topological polar surface area (TPSA) is 70.8 Å². The molecule has 2 rings (SSSR count). The molecule has 1 fully saturated rings. The van der Waals surface area contributed by atoms with Crippen LogP contribution in [-0.2, 0) is 7.05 Å². The molecule has 120 valence electrons. The van der Waals surface area contributed by atoms with E-state index in [0.717, 1.165) is 13.1 Å². The molecule has 0 aliphatic carbocycles. The van der Waals surface area contributed by atoms with Crippen molar-refractivity contribution in [2.45, 2.75) is 13.0 Å². The Kier molecular flexibility index (Phi) is 6.44. The monoisotopic (exact) mass is 318 g/mol. The van der Waals surface area contributed by atoms with Crippen molar-refractivity contribution in [1.82, 2.24) is 19.6 Å². The normalized spacial score (nSPS) is 17.2. The minimum atomic E-state index is -0.337. The Hall–Kier alpha value is -1.31. The Morgan fingerprint density at radius 2 is 2.05 bits per heavy atom. The van der Waals surface area contributed by atoms with Gasteiger partial charge in [0.1, 0.15) is 5.56 Å². The van der Waals surface area contributed by atoms with Crippen LogP contribution in [0.1, 0.15) is 17.3 Å². The molecule has 1 aromatic rings. The van der Waals surface area contributed by atoms with Gasteiger partial charge in [-0.25, -0.2) is 0 Å². The van der Waals surface area contributed by atoms with Gasteiger partial charge in [-0.1, -0.05) is 0 Å². The lowest BCUT2D eigenvalue weighted by Crippen LogP contribution is -2.50. The predicted molar refractivity (Wildman–Crippen MR) is 81.0 cm³/mol. The number of aromatic nitrogens is 2. The molecule has 0 saturated carbocycles. The molecule has 1 atom stereocenters. The minimum absolute atomic E-state index is 0. The molecule has 1 saturated heterocycles. The van der Waals surface area contributed by atoms with Crippen LogP contribution in [0.4, 0.5) is 0 Å². The summed E-state index contributed by atoms with van der Waals surface area (Å²) >= 11 is 0. The molecule has 0 bridgehead atoms. The molecule has 21 heavy (non-hydrogen) atoms. The molecule has 1 aliphatic rings. The fraction of sp³-hybridized carbons (Fsp3) is 0.692. The van der Waals surface area contributed by atoms with E-state index in [0.29, 0.717) is 31.1 Å². The van der Waals surface area contributed by atoms with Crippen molar-refractivity contribution in [2.75, 3.05) is 39.8 Å². The summed E-state index contributed by atoms with van der Waals surface area (Å²) in [5.41, 5.74) is 0.499. The van der Waals surface area contributed by atoms with Gasteiger partial charge in [0.25, 0.3) is 5.91 Å². The molecule has 1 amide bonds. The van der Waals surface area contributed by atoms with E-state index in [4.69, 9.17) is 4.74 Å². The number of rotatable bonds is 4. The number of carbonyl (C=O) groups excluding carboxylic acids is 1. The standard InChI is InChI=1S/C13H22N4O3.ClH/c1-10(18)8-16-4-6-17(7-5-16)13(19)11-9-15(2)14-12(11)20-3;/h9-10,18H,4-8H2,1-3H3;1H. The highest BCUT2D eigenvalue weighted by Gasteiger charge is 2.26. The summed E-state index contributed by atoms with van der Waals surface area (Å²) in [6.45, 7) is 5.29. The van der Waals surface area contributed by atoms with Crippen LogP contribution in [0.25, 0.3) is 0 Å². The van der Waals surface area contributed by atoms with Crippen molar-refractivity contribution in [3.05, 3.63) is 11.8 Å². The molecule has 0 spiro atoms. The Morgan fingerprint density at radius 3 is 2.57 bits per heavy atom. The van der Waals surface area contributed by atoms with Crippen LogP contribution in [0.2, 0.25) is 0 Å². The van der Waals surface area contributed by atoms with Crippen LogP contribution in [0.3, 0.4) is 0 Å². The molecular formula is C13H23ClN4O3. The number of aliphatic hydroxyl groups is 1. The van der Waals surface area contributed by atoms with Crippen molar-refractivity contribution < 1.29 is 14.6 Å². The number of hydrogen-bond acceptors (Lipinski definition) is 5. The zero-order valence-electron chi connectivity index (χ0n) is 12.7. The number of halogens is 1. The summed E-state index contributed by atoms with van der Waals surface area (Å²) in [7, 11) is 3.28. The van der Waals surface area contributed by atoms with E-state index in [1.54, 1.807) is 29.7 Å². The van der Waals surface area contributed by atoms with Gasteiger partial charge in [-0.2, -0.15) is 0 Å². The van der Waals surface area contributed by atoms with Gasteiger partial charge in [0.05, 0.1) is 13.2 Å². The average molecular weight is 319 g/mol. The fourth-order valence-corrected chi connectivity index (χ4v) is 2.44. The summed E-state index contributed by atoms with van der Waals surface area (Å²) in [4.78, 5) is 16.4. The third kappa shape index (κ3) is 4.33. The van der Waals surface area contributed by atoms with Crippen LogP contribution in [-0.4, -0.2) is 76.5 Å². The van der Waals surface area contributed by atoms with Crippen LogP contribution >= 0.6 is 12.4 Å². The molecule has 1 N–H and O–H groups in total. The maximum Gasteiger partial charge on any atom is 0.261 e.